The summed E-state index contributed by atoms with van der Waals surface area (Å²) in [6, 6.07) is -1.60. The van der Waals surface area contributed by atoms with E-state index < -0.39 is 24.0 Å². The van der Waals surface area contributed by atoms with Gasteiger partial charge in [0.1, 0.15) is 6.04 Å². The van der Waals surface area contributed by atoms with Crippen molar-refractivity contribution in [1.29, 1.82) is 0 Å². The zero-order valence-electron chi connectivity index (χ0n) is 10.6. The third kappa shape index (κ3) is 4.18. The van der Waals surface area contributed by atoms with Crippen LogP contribution in [0.4, 0.5) is 0 Å². The summed E-state index contributed by atoms with van der Waals surface area (Å²) in [7, 11) is 0. The van der Waals surface area contributed by atoms with Crippen LogP contribution in [0.1, 0.15) is 34.6 Å². The van der Waals surface area contributed by atoms with Crippen LogP contribution < -0.4 is 11.1 Å². The molecule has 0 unspecified atom stereocenters. The molecule has 0 aliphatic carbocycles. The van der Waals surface area contributed by atoms with Gasteiger partial charge in [0.15, 0.2) is 0 Å². The maximum absolute atomic E-state index is 11.7. The molecule has 0 radical (unpaired) electrons. The maximum atomic E-state index is 11.7. The second kappa shape index (κ2) is 5.30. The molecule has 0 aromatic heterocycles. The fourth-order valence-corrected chi connectivity index (χ4v) is 1.15. The molecule has 94 valence electrons. The van der Waals surface area contributed by atoms with Gasteiger partial charge < -0.3 is 16.2 Å². The molecule has 5 heteroatoms. The normalized spacial score (nSPS) is 15.7. The second-order valence-corrected chi connectivity index (χ2v) is 5.41. The molecular formula is C11H22N2O3. The highest BCUT2D eigenvalue weighted by atomic mass is 16.4. The molecule has 0 fully saturated rings. The molecule has 4 N–H and O–H groups in total. The van der Waals surface area contributed by atoms with Crippen LogP contribution >= 0.6 is 0 Å². The van der Waals surface area contributed by atoms with Crippen molar-refractivity contribution in [1.82, 2.24) is 5.32 Å². The van der Waals surface area contributed by atoms with Gasteiger partial charge in [-0.05, 0) is 11.3 Å². The molecular weight excluding hydrogens is 208 g/mol. The minimum absolute atomic E-state index is 0.173. The Kier molecular flexibility index (Phi) is 4.93. The van der Waals surface area contributed by atoms with Crippen molar-refractivity contribution in [2.45, 2.75) is 46.7 Å². The predicted octanol–water partition coefficient (Wildman–Crippen LogP) is 0.585. The van der Waals surface area contributed by atoms with Crippen LogP contribution in [0, 0.1) is 11.3 Å². The molecule has 0 heterocycles. The lowest BCUT2D eigenvalue weighted by atomic mass is 9.86. The Labute approximate surface area is 96.4 Å². The number of carboxylic acids is 1. The number of amides is 1. The number of hydrogen-bond acceptors (Lipinski definition) is 3. The highest BCUT2D eigenvalue weighted by molar-refractivity contribution is 5.87. The van der Waals surface area contributed by atoms with Gasteiger partial charge in [0.2, 0.25) is 5.91 Å². The fourth-order valence-electron chi connectivity index (χ4n) is 1.15. The summed E-state index contributed by atoms with van der Waals surface area (Å²) in [4.78, 5) is 22.6. The SMILES string of the molecule is CC(C)[C@@H](NC(=O)[C@H](N)C(C)(C)C)C(=O)O. The Morgan fingerprint density at radius 1 is 1.25 bits per heavy atom. The number of carbonyl (C=O) groups excluding carboxylic acids is 1. The van der Waals surface area contributed by atoms with Crippen LogP contribution in [0.5, 0.6) is 0 Å². The van der Waals surface area contributed by atoms with Gasteiger partial charge in [-0.1, -0.05) is 34.6 Å². The number of nitrogens with two attached hydrogens (primary N) is 1. The molecule has 0 aliphatic heterocycles. The average Bonchev–Trinajstić information content (AvgIpc) is 2.09. The first kappa shape index (κ1) is 14.9. The molecule has 1 amide bonds. The molecule has 2 atom stereocenters. The number of hydrogen-bond donors (Lipinski definition) is 3. The van der Waals surface area contributed by atoms with E-state index in [-0.39, 0.29) is 11.3 Å². The molecule has 0 saturated heterocycles. The Morgan fingerprint density at radius 2 is 1.69 bits per heavy atom. The average molecular weight is 230 g/mol. The lowest BCUT2D eigenvalue weighted by Crippen LogP contribution is -2.54. The number of rotatable bonds is 4. The first-order chi connectivity index (χ1) is 7.07. The smallest absolute Gasteiger partial charge is 0.326 e. The zero-order chi connectivity index (χ0) is 13.1. The lowest BCUT2D eigenvalue weighted by molar-refractivity contribution is -0.143. The van der Waals surface area contributed by atoms with E-state index in [1.165, 1.54) is 0 Å². The van der Waals surface area contributed by atoms with Crippen LogP contribution in [-0.4, -0.2) is 29.1 Å². The standard InChI is InChI=1S/C11H22N2O3/c1-6(2)7(10(15)16)13-9(14)8(12)11(3,4)5/h6-8H,12H2,1-5H3,(H,13,14)(H,15,16)/t7-,8+/m1/s1. The molecule has 5 nitrogen and oxygen atoms in total. The first-order valence-electron chi connectivity index (χ1n) is 5.36. The third-order valence-corrected chi connectivity index (χ3v) is 2.45. The van der Waals surface area contributed by atoms with Gasteiger partial charge in [-0.2, -0.15) is 0 Å². The molecule has 0 bridgehead atoms. The second-order valence-electron chi connectivity index (χ2n) is 5.41. The fraction of sp³-hybridized carbons (Fsp3) is 0.818. The Bertz CT molecular complexity index is 269. The molecule has 0 aromatic rings. The van der Waals surface area contributed by atoms with E-state index in [1.54, 1.807) is 13.8 Å². The van der Waals surface area contributed by atoms with E-state index in [4.69, 9.17) is 10.8 Å². The largest absolute Gasteiger partial charge is 0.480 e. The van der Waals surface area contributed by atoms with Crippen LogP contribution in [0.2, 0.25) is 0 Å². The molecule has 0 aliphatic rings. The number of aliphatic carboxylic acids is 1. The predicted molar refractivity (Wildman–Crippen MR) is 61.8 cm³/mol. The van der Waals surface area contributed by atoms with Gasteiger partial charge in [-0.15, -0.1) is 0 Å². The van der Waals surface area contributed by atoms with Crippen LogP contribution in [0.3, 0.4) is 0 Å². The van der Waals surface area contributed by atoms with Crippen LogP contribution in [-0.2, 0) is 9.59 Å². The van der Waals surface area contributed by atoms with Crippen molar-refractivity contribution in [3.63, 3.8) is 0 Å². The van der Waals surface area contributed by atoms with Crippen molar-refractivity contribution in [3.8, 4) is 0 Å². The molecule has 16 heavy (non-hydrogen) atoms. The third-order valence-electron chi connectivity index (χ3n) is 2.45. The number of carbonyl (C=O) groups is 2. The van der Waals surface area contributed by atoms with Crippen molar-refractivity contribution in [3.05, 3.63) is 0 Å². The Morgan fingerprint density at radius 3 is 1.94 bits per heavy atom. The van der Waals surface area contributed by atoms with Crippen LogP contribution in [0.25, 0.3) is 0 Å². The minimum atomic E-state index is -1.04. The summed E-state index contributed by atoms with van der Waals surface area (Å²) in [6.45, 7) is 8.98. The summed E-state index contributed by atoms with van der Waals surface area (Å²) in [5.41, 5.74) is 5.35. The number of carboxylic acid groups (broad SMARTS) is 1. The molecule has 0 rings (SSSR count). The summed E-state index contributed by atoms with van der Waals surface area (Å²) in [5, 5.41) is 11.4. The van der Waals surface area contributed by atoms with E-state index in [0.29, 0.717) is 0 Å². The van der Waals surface area contributed by atoms with Crippen molar-refractivity contribution in [2.24, 2.45) is 17.1 Å². The quantitative estimate of drug-likeness (QED) is 0.659. The molecule has 0 saturated carbocycles. The van der Waals surface area contributed by atoms with Gasteiger partial charge in [0, 0.05) is 0 Å². The van der Waals surface area contributed by atoms with Gasteiger partial charge in [-0.25, -0.2) is 4.79 Å². The summed E-state index contributed by atoms with van der Waals surface area (Å²) in [5.74, 6) is -1.63. The maximum Gasteiger partial charge on any atom is 0.326 e. The van der Waals surface area contributed by atoms with E-state index >= 15 is 0 Å². The van der Waals surface area contributed by atoms with Gasteiger partial charge in [0.05, 0.1) is 6.04 Å². The van der Waals surface area contributed by atoms with Gasteiger partial charge in [0.25, 0.3) is 0 Å². The Hall–Kier alpha value is -1.10. The highest BCUT2D eigenvalue weighted by Gasteiger charge is 2.31. The summed E-state index contributed by atoms with van der Waals surface area (Å²) in [6.07, 6.45) is 0. The monoisotopic (exact) mass is 230 g/mol. The van der Waals surface area contributed by atoms with E-state index in [2.05, 4.69) is 5.32 Å². The van der Waals surface area contributed by atoms with E-state index in [9.17, 15) is 9.59 Å². The highest BCUT2D eigenvalue weighted by Crippen LogP contribution is 2.17. The van der Waals surface area contributed by atoms with E-state index in [0.717, 1.165) is 0 Å². The summed E-state index contributed by atoms with van der Waals surface area (Å²) < 4.78 is 0. The molecule has 0 aromatic carbocycles. The number of nitrogens with one attached hydrogen (secondary N) is 1. The van der Waals surface area contributed by atoms with E-state index in [1.807, 2.05) is 20.8 Å². The lowest BCUT2D eigenvalue weighted by Gasteiger charge is -2.28. The zero-order valence-corrected chi connectivity index (χ0v) is 10.6. The first-order valence-corrected chi connectivity index (χ1v) is 5.36. The van der Waals surface area contributed by atoms with Crippen LogP contribution in [0.15, 0.2) is 0 Å². The van der Waals surface area contributed by atoms with Gasteiger partial charge in [-0.3, -0.25) is 4.79 Å². The summed E-state index contributed by atoms with van der Waals surface area (Å²) >= 11 is 0. The van der Waals surface area contributed by atoms with Crippen molar-refractivity contribution >= 4 is 11.9 Å². The Balaban J connectivity index is 4.60. The topological polar surface area (TPSA) is 92.4 Å². The van der Waals surface area contributed by atoms with Crippen molar-refractivity contribution < 1.29 is 14.7 Å². The molecule has 0 spiro atoms. The van der Waals surface area contributed by atoms with Crippen molar-refractivity contribution in [2.75, 3.05) is 0 Å². The van der Waals surface area contributed by atoms with Gasteiger partial charge >= 0.3 is 5.97 Å². The minimum Gasteiger partial charge on any atom is -0.480 e.